The first kappa shape index (κ1) is 15.2. The molecule has 0 saturated heterocycles. The van der Waals surface area contributed by atoms with Crippen LogP contribution in [0.25, 0.3) is 0 Å². The van der Waals surface area contributed by atoms with Crippen LogP contribution in [-0.4, -0.2) is 11.9 Å². The Hall–Kier alpha value is -1.83. The number of carbonyl (C=O) groups excluding carboxylic acids is 1. The molecule has 0 bridgehead atoms. The zero-order chi connectivity index (χ0) is 13.9. The highest BCUT2D eigenvalue weighted by Gasteiger charge is 2.11. The Bertz CT molecular complexity index is 409. The van der Waals surface area contributed by atoms with Gasteiger partial charge in [-0.2, -0.15) is 0 Å². The van der Waals surface area contributed by atoms with Crippen LogP contribution in [0, 0.1) is 0 Å². The third-order valence-electron chi connectivity index (χ3n) is 2.91. The Morgan fingerprint density at radius 2 is 2.05 bits per heavy atom. The Morgan fingerprint density at radius 1 is 1.32 bits per heavy atom. The Labute approximate surface area is 116 Å². The first-order valence-corrected chi connectivity index (χ1v) is 6.89. The summed E-state index contributed by atoms with van der Waals surface area (Å²) < 4.78 is 0. The second kappa shape index (κ2) is 9.15. The maximum absolute atomic E-state index is 12.1. The van der Waals surface area contributed by atoms with Gasteiger partial charge in [0.15, 0.2) is 0 Å². The molecule has 102 valence electrons. The summed E-state index contributed by atoms with van der Waals surface area (Å²) >= 11 is 0. The molecule has 2 heteroatoms. The fourth-order valence-corrected chi connectivity index (χ4v) is 1.89. The summed E-state index contributed by atoms with van der Waals surface area (Å²) in [7, 11) is 0. The SMILES string of the molecule is C=CC[C@H](CC/C=C\CC)NC(=O)c1ccccc1. The molecule has 0 unspecified atom stereocenters. The first-order valence-electron chi connectivity index (χ1n) is 6.89. The lowest BCUT2D eigenvalue weighted by atomic mass is 10.1. The van der Waals surface area contributed by atoms with Gasteiger partial charge in [0.2, 0.25) is 0 Å². The number of allylic oxidation sites excluding steroid dienone is 2. The van der Waals surface area contributed by atoms with E-state index in [1.54, 1.807) is 0 Å². The predicted octanol–water partition coefficient (Wildman–Crippen LogP) is 4.11. The van der Waals surface area contributed by atoms with E-state index < -0.39 is 0 Å². The van der Waals surface area contributed by atoms with Crippen LogP contribution in [0.3, 0.4) is 0 Å². The molecule has 19 heavy (non-hydrogen) atoms. The van der Waals surface area contributed by atoms with E-state index in [-0.39, 0.29) is 11.9 Å². The van der Waals surface area contributed by atoms with Crippen molar-refractivity contribution in [1.29, 1.82) is 0 Å². The molecule has 0 heterocycles. The summed E-state index contributed by atoms with van der Waals surface area (Å²) in [5.41, 5.74) is 0.709. The molecule has 1 aromatic carbocycles. The molecular weight excluding hydrogens is 234 g/mol. The van der Waals surface area contributed by atoms with E-state index >= 15 is 0 Å². The second-order valence-electron chi connectivity index (χ2n) is 4.52. The molecule has 2 nitrogen and oxygen atoms in total. The molecule has 0 aliphatic rings. The minimum atomic E-state index is -0.00748. The van der Waals surface area contributed by atoms with Gasteiger partial charge in [-0.1, -0.05) is 43.4 Å². The Balaban J connectivity index is 2.50. The minimum absolute atomic E-state index is 0.00748. The topological polar surface area (TPSA) is 29.1 Å². The van der Waals surface area contributed by atoms with E-state index in [4.69, 9.17) is 0 Å². The molecule has 0 spiro atoms. The molecule has 1 N–H and O–H groups in total. The van der Waals surface area contributed by atoms with E-state index in [0.717, 1.165) is 25.7 Å². The smallest absolute Gasteiger partial charge is 0.251 e. The molecule has 1 atom stereocenters. The van der Waals surface area contributed by atoms with E-state index in [2.05, 4.69) is 31.0 Å². The largest absolute Gasteiger partial charge is 0.349 e. The number of amides is 1. The predicted molar refractivity (Wildman–Crippen MR) is 81.2 cm³/mol. The Kier molecular flexibility index (Phi) is 7.33. The highest BCUT2D eigenvalue weighted by molar-refractivity contribution is 5.94. The van der Waals surface area contributed by atoms with Crippen LogP contribution in [0.5, 0.6) is 0 Å². The van der Waals surface area contributed by atoms with Crippen LogP contribution in [0.2, 0.25) is 0 Å². The first-order chi connectivity index (χ1) is 9.27. The van der Waals surface area contributed by atoms with E-state index in [9.17, 15) is 4.79 Å². The molecular formula is C17H23NO. The zero-order valence-electron chi connectivity index (χ0n) is 11.6. The van der Waals surface area contributed by atoms with Crippen molar-refractivity contribution in [2.45, 2.75) is 38.6 Å². The number of rotatable bonds is 8. The van der Waals surface area contributed by atoms with E-state index in [0.29, 0.717) is 5.56 Å². The standard InChI is InChI=1S/C17H23NO/c1-3-5-6-10-14-16(11-4-2)18-17(19)15-12-8-7-9-13-15/h4-9,12-13,16H,2-3,10-11,14H2,1H3,(H,18,19)/b6-5-/t16-/m1/s1. The van der Waals surface area contributed by atoms with Gasteiger partial charge >= 0.3 is 0 Å². The summed E-state index contributed by atoms with van der Waals surface area (Å²) in [5.74, 6) is -0.00748. The quantitative estimate of drug-likeness (QED) is 0.698. The van der Waals surface area contributed by atoms with Gasteiger partial charge in [-0.25, -0.2) is 0 Å². The molecule has 0 aromatic heterocycles. The third kappa shape index (κ3) is 6.05. The molecule has 0 aliphatic heterocycles. The summed E-state index contributed by atoms with van der Waals surface area (Å²) in [5, 5.41) is 3.07. The lowest BCUT2D eigenvalue weighted by Crippen LogP contribution is -2.34. The monoisotopic (exact) mass is 257 g/mol. The zero-order valence-corrected chi connectivity index (χ0v) is 11.6. The fourth-order valence-electron chi connectivity index (χ4n) is 1.89. The van der Waals surface area contributed by atoms with Crippen LogP contribution >= 0.6 is 0 Å². The van der Waals surface area contributed by atoms with Gasteiger partial charge in [-0.05, 0) is 37.8 Å². The van der Waals surface area contributed by atoms with E-state index in [1.807, 2.05) is 36.4 Å². The normalized spacial score (nSPS) is 12.3. The molecule has 0 aliphatic carbocycles. The fraction of sp³-hybridized carbons (Fsp3) is 0.353. The van der Waals surface area contributed by atoms with Crippen LogP contribution in [0.4, 0.5) is 0 Å². The van der Waals surface area contributed by atoms with Gasteiger partial charge in [-0.15, -0.1) is 6.58 Å². The van der Waals surface area contributed by atoms with Gasteiger partial charge < -0.3 is 5.32 Å². The van der Waals surface area contributed by atoms with Crippen molar-refractivity contribution in [3.05, 3.63) is 60.7 Å². The van der Waals surface area contributed by atoms with Crippen molar-refractivity contribution in [2.75, 3.05) is 0 Å². The van der Waals surface area contributed by atoms with Crippen LogP contribution in [0.15, 0.2) is 55.1 Å². The molecule has 1 amide bonds. The third-order valence-corrected chi connectivity index (χ3v) is 2.91. The van der Waals surface area contributed by atoms with Gasteiger partial charge in [0.25, 0.3) is 5.91 Å². The maximum Gasteiger partial charge on any atom is 0.251 e. The minimum Gasteiger partial charge on any atom is -0.349 e. The molecule has 0 saturated carbocycles. The van der Waals surface area contributed by atoms with Crippen molar-refractivity contribution in [3.63, 3.8) is 0 Å². The second-order valence-corrected chi connectivity index (χ2v) is 4.52. The van der Waals surface area contributed by atoms with E-state index in [1.165, 1.54) is 0 Å². The van der Waals surface area contributed by atoms with Gasteiger partial charge in [-0.3, -0.25) is 4.79 Å². The molecule has 0 radical (unpaired) electrons. The van der Waals surface area contributed by atoms with Crippen molar-refractivity contribution >= 4 is 5.91 Å². The average Bonchev–Trinajstić information content (AvgIpc) is 2.44. The summed E-state index contributed by atoms with van der Waals surface area (Å²) in [6, 6.07) is 9.48. The van der Waals surface area contributed by atoms with Gasteiger partial charge in [0.1, 0.15) is 0 Å². The van der Waals surface area contributed by atoms with Crippen LogP contribution in [-0.2, 0) is 0 Å². The summed E-state index contributed by atoms with van der Waals surface area (Å²) in [4.78, 5) is 12.1. The van der Waals surface area contributed by atoms with Crippen LogP contribution < -0.4 is 5.32 Å². The lowest BCUT2D eigenvalue weighted by molar-refractivity contribution is 0.0935. The van der Waals surface area contributed by atoms with Crippen LogP contribution in [0.1, 0.15) is 43.0 Å². The number of benzene rings is 1. The maximum atomic E-state index is 12.1. The lowest BCUT2D eigenvalue weighted by Gasteiger charge is -2.16. The number of nitrogens with one attached hydrogen (secondary N) is 1. The van der Waals surface area contributed by atoms with Crippen molar-refractivity contribution in [1.82, 2.24) is 5.32 Å². The summed E-state index contributed by atoms with van der Waals surface area (Å²) in [6.07, 6.45) is 9.98. The Morgan fingerprint density at radius 3 is 2.68 bits per heavy atom. The van der Waals surface area contributed by atoms with Crippen molar-refractivity contribution < 1.29 is 4.79 Å². The summed E-state index contributed by atoms with van der Waals surface area (Å²) in [6.45, 7) is 5.88. The highest BCUT2D eigenvalue weighted by atomic mass is 16.1. The van der Waals surface area contributed by atoms with Gasteiger partial charge in [0, 0.05) is 11.6 Å². The average molecular weight is 257 g/mol. The highest BCUT2D eigenvalue weighted by Crippen LogP contribution is 2.06. The number of hydrogen-bond donors (Lipinski definition) is 1. The van der Waals surface area contributed by atoms with Gasteiger partial charge in [0.05, 0.1) is 0 Å². The molecule has 1 rings (SSSR count). The molecule has 1 aromatic rings. The number of hydrogen-bond acceptors (Lipinski definition) is 1. The van der Waals surface area contributed by atoms with Crippen molar-refractivity contribution in [3.8, 4) is 0 Å². The molecule has 0 fully saturated rings. The number of carbonyl (C=O) groups is 1. The van der Waals surface area contributed by atoms with Crippen molar-refractivity contribution in [2.24, 2.45) is 0 Å².